The summed E-state index contributed by atoms with van der Waals surface area (Å²) < 4.78 is 11.2. The van der Waals surface area contributed by atoms with E-state index in [9.17, 15) is 14.4 Å². The van der Waals surface area contributed by atoms with Gasteiger partial charge in [-0.25, -0.2) is 4.79 Å². The highest BCUT2D eigenvalue weighted by Gasteiger charge is 2.34. The van der Waals surface area contributed by atoms with Crippen molar-refractivity contribution in [3.63, 3.8) is 0 Å². The number of esters is 1. The Morgan fingerprint density at radius 2 is 1.40 bits per heavy atom. The van der Waals surface area contributed by atoms with Crippen molar-refractivity contribution in [1.29, 1.82) is 0 Å². The van der Waals surface area contributed by atoms with Crippen molar-refractivity contribution < 1.29 is 23.9 Å². The van der Waals surface area contributed by atoms with E-state index in [1.807, 2.05) is 54.6 Å². The highest BCUT2D eigenvalue weighted by molar-refractivity contribution is 5.90. The molecular formula is C34H39N3O5. The summed E-state index contributed by atoms with van der Waals surface area (Å²) in [5.41, 5.74) is 4.97. The number of benzene rings is 3. The van der Waals surface area contributed by atoms with Crippen molar-refractivity contribution in [1.82, 2.24) is 15.1 Å². The monoisotopic (exact) mass is 569 g/mol. The van der Waals surface area contributed by atoms with Gasteiger partial charge in [0, 0.05) is 38.6 Å². The summed E-state index contributed by atoms with van der Waals surface area (Å²) in [7, 11) is 0. The minimum Gasteiger partial charge on any atom is -0.460 e. The van der Waals surface area contributed by atoms with Crippen LogP contribution >= 0.6 is 0 Å². The Balaban J connectivity index is 1.22. The normalized spacial score (nSPS) is 15.8. The molecule has 8 nitrogen and oxygen atoms in total. The summed E-state index contributed by atoms with van der Waals surface area (Å²) in [6.45, 7) is 8.64. The summed E-state index contributed by atoms with van der Waals surface area (Å²) in [5.74, 6) is -0.975. The van der Waals surface area contributed by atoms with E-state index in [0.29, 0.717) is 26.2 Å². The number of nitrogens with one attached hydrogen (secondary N) is 1. The average molecular weight is 570 g/mol. The molecule has 3 aromatic rings. The van der Waals surface area contributed by atoms with Gasteiger partial charge in [0.15, 0.2) is 0 Å². The molecule has 1 saturated heterocycles. The number of rotatable bonds is 8. The molecule has 5 rings (SSSR count). The number of ether oxygens (including phenoxy) is 2. The Morgan fingerprint density at radius 1 is 0.833 bits per heavy atom. The van der Waals surface area contributed by atoms with Gasteiger partial charge in [0.2, 0.25) is 5.91 Å². The zero-order valence-electron chi connectivity index (χ0n) is 24.5. The lowest BCUT2D eigenvalue weighted by Gasteiger charge is -2.36. The predicted octanol–water partition coefficient (Wildman–Crippen LogP) is 4.97. The van der Waals surface area contributed by atoms with E-state index >= 15 is 0 Å². The van der Waals surface area contributed by atoms with Crippen LogP contribution in [0.1, 0.15) is 49.8 Å². The van der Waals surface area contributed by atoms with Crippen molar-refractivity contribution in [2.24, 2.45) is 0 Å². The smallest absolute Gasteiger partial charge is 0.407 e. The first-order valence-corrected chi connectivity index (χ1v) is 14.6. The Hall–Kier alpha value is -4.17. The Labute approximate surface area is 247 Å². The quantitative estimate of drug-likeness (QED) is 0.386. The number of carbonyl (C=O) groups is 3. The van der Waals surface area contributed by atoms with Gasteiger partial charge in [-0.15, -0.1) is 0 Å². The molecule has 1 atom stereocenters. The number of hydrogen-bond donors (Lipinski definition) is 1. The summed E-state index contributed by atoms with van der Waals surface area (Å²) in [4.78, 5) is 43.4. The molecule has 220 valence electrons. The van der Waals surface area contributed by atoms with Gasteiger partial charge in [0.05, 0.1) is 6.42 Å². The van der Waals surface area contributed by atoms with E-state index in [0.717, 1.165) is 28.8 Å². The van der Waals surface area contributed by atoms with Gasteiger partial charge in [-0.2, -0.15) is 0 Å². The first-order chi connectivity index (χ1) is 20.2. The fraction of sp³-hybridized carbons (Fsp3) is 0.382. The number of alkyl carbamates (subject to hydrolysis) is 1. The lowest BCUT2D eigenvalue weighted by Crippen LogP contribution is -2.55. The van der Waals surface area contributed by atoms with Crippen LogP contribution in [0.15, 0.2) is 78.9 Å². The fourth-order valence-electron chi connectivity index (χ4n) is 5.72. The lowest BCUT2D eigenvalue weighted by atomic mass is 9.98. The van der Waals surface area contributed by atoms with Crippen LogP contribution in [0.25, 0.3) is 11.1 Å². The molecule has 0 spiro atoms. The highest BCUT2D eigenvalue weighted by atomic mass is 16.6. The lowest BCUT2D eigenvalue weighted by molar-refractivity contribution is -0.157. The zero-order valence-corrected chi connectivity index (χ0v) is 24.5. The molecule has 0 saturated carbocycles. The van der Waals surface area contributed by atoms with E-state index < -0.39 is 23.7 Å². The van der Waals surface area contributed by atoms with Gasteiger partial charge < -0.3 is 19.7 Å². The minimum absolute atomic E-state index is 0.110. The summed E-state index contributed by atoms with van der Waals surface area (Å²) in [5, 5.41) is 2.69. The number of amides is 2. The van der Waals surface area contributed by atoms with Crippen LogP contribution in [-0.4, -0.2) is 72.2 Å². The van der Waals surface area contributed by atoms with E-state index in [2.05, 4.69) is 34.5 Å². The predicted molar refractivity (Wildman–Crippen MR) is 161 cm³/mol. The number of fused-ring (bicyclic) bond motifs is 3. The average Bonchev–Trinajstić information content (AvgIpc) is 3.29. The number of piperazine rings is 1. The number of carbonyl (C=O) groups excluding carboxylic acids is 3. The SMILES string of the molecule is CC(C)(C)OC(=O)C[C@H](NC(=O)OCC1c2ccccc2-c2ccccc21)C(=O)N1CCN(Cc2ccccc2)CC1. The van der Waals surface area contributed by atoms with E-state index in [1.165, 1.54) is 5.56 Å². The molecule has 2 amide bonds. The Bertz CT molecular complexity index is 1360. The van der Waals surface area contributed by atoms with Gasteiger partial charge in [0.1, 0.15) is 18.2 Å². The molecule has 0 unspecified atom stereocenters. The summed E-state index contributed by atoms with van der Waals surface area (Å²) in [6.07, 6.45) is -1.01. The number of hydrogen-bond acceptors (Lipinski definition) is 6. The Kier molecular flexibility index (Phi) is 8.92. The van der Waals surface area contributed by atoms with Gasteiger partial charge in [0.25, 0.3) is 0 Å². The molecular weight excluding hydrogens is 530 g/mol. The molecule has 0 radical (unpaired) electrons. The third-order valence-electron chi connectivity index (χ3n) is 7.66. The maximum absolute atomic E-state index is 13.6. The van der Waals surface area contributed by atoms with Crippen LogP contribution in [0.5, 0.6) is 0 Å². The molecule has 1 heterocycles. The van der Waals surface area contributed by atoms with Crippen LogP contribution in [-0.2, 0) is 25.6 Å². The number of nitrogens with zero attached hydrogens (tertiary/aromatic N) is 2. The van der Waals surface area contributed by atoms with E-state index in [-0.39, 0.29) is 24.9 Å². The molecule has 0 aromatic heterocycles. The van der Waals surface area contributed by atoms with Gasteiger partial charge in [-0.3, -0.25) is 14.5 Å². The van der Waals surface area contributed by atoms with Crippen LogP contribution < -0.4 is 5.32 Å². The van der Waals surface area contributed by atoms with Crippen LogP contribution in [0.2, 0.25) is 0 Å². The highest BCUT2D eigenvalue weighted by Crippen LogP contribution is 2.44. The topological polar surface area (TPSA) is 88.2 Å². The molecule has 0 bridgehead atoms. The first kappa shape index (κ1) is 29.3. The molecule has 1 aliphatic heterocycles. The van der Waals surface area contributed by atoms with Crippen molar-refractivity contribution >= 4 is 18.0 Å². The summed E-state index contributed by atoms with van der Waals surface area (Å²) >= 11 is 0. The second-order valence-electron chi connectivity index (χ2n) is 11.9. The second kappa shape index (κ2) is 12.8. The van der Waals surface area contributed by atoms with Crippen LogP contribution in [0.3, 0.4) is 0 Å². The van der Waals surface area contributed by atoms with Crippen molar-refractivity contribution in [2.45, 2.75) is 51.3 Å². The largest absolute Gasteiger partial charge is 0.460 e. The van der Waals surface area contributed by atoms with Crippen LogP contribution in [0.4, 0.5) is 4.79 Å². The van der Waals surface area contributed by atoms with E-state index in [4.69, 9.17) is 9.47 Å². The van der Waals surface area contributed by atoms with Gasteiger partial charge in [-0.1, -0.05) is 78.9 Å². The van der Waals surface area contributed by atoms with Crippen molar-refractivity contribution in [3.8, 4) is 11.1 Å². The first-order valence-electron chi connectivity index (χ1n) is 14.6. The van der Waals surface area contributed by atoms with E-state index in [1.54, 1.807) is 25.7 Å². The molecule has 3 aromatic carbocycles. The van der Waals surface area contributed by atoms with Crippen LogP contribution in [0, 0.1) is 0 Å². The standard InChI is InChI=1S/C34H39N3O5/c1-34(2,3)42-31(38)21-30(32(39)37-19-17-36(18-20-37)22-24-11-5-4-6-12-24)35-33(40)41-23-29-27-15-9-7-13-25(27)26-14-8-10-16-28(26)29/h4-16,29-30H,17-23H2,1-3H3,(H,35,40)/t30-/m0/s1. The minimum atomic E-state index is -1.09. The fourth-order valence-corrected chi connectivity index (χ4v) is 5.72. The van der Waals surface area contributed by atoms with Crippen molar-refractivity contribution in [3.05, 3.63) is 95.6 Å². The third kappa shape index (κ3) is 7.18. The molecule has 1 fully saturated rings. The summed E-state index contributed by atoms with van der Waals surface area (Å²) in [6, 6.07) is 25.3. The molecule has 2 aliphatic rings. The second-order valence-corrected chi connectivity index (χ2v) is 11.9. The van der Waals surface area contributed by atoms with Gasteiger partial charge >= 0.3 is 12.1 Å². The molecule has 8 heteroatoms. The third-order valence-corrected chi connectivity index (χ3v) is 7.66. The molecule has 42 heavy (non-hydrogen) atoms. The Morgan fingerprint density at radius 3 is 2.00 bits per heavy atom. The molecule has 1 aliphatic carbocycles. The molecule has 1 N–H and O–H groups in total. The van der Waals surface area contributed by atoms with Gasteiger partial charge in [-0.05, 0) is 48.6 Å². The maximum Gasteiger partial charge on any atom is 0.407 e. The maximum atomic E-state index is 13.6. The zero-order chi connectivity index (χ0) is 29.7. The van der Waals surface area contributed by atoms with Crippen molar-refractivity contribution in [2.75, 3.05) is 32.8 Å².